The Hall–Kier alpha value is -2.42. The number of aromatic amines is 1. The van der Waals surface area contributed by atoms with Gasteiger partial charge in [0.25, 0.3) is 5.56 Å². The van der Waals surface area contributed by atoms with Gasteiger partial charge in [-0.25, -0.2) is 14.3 Å². The minimum atomic E-state index is -0.364. The quantitative estimate of drug-likeness (QED) is 0.705. The van der Waals surface area contributed by atoms with Gasteiger partial charge < -0.3 is 0 Å². The first-order chi connectivity index (χ1) is 13.4. The van der Waals surface area contributed by atoms with Crippen LogP contribution in [0.5, 0.6) is 0 Å². The van der Waals surface area contributed by atoms with E-state index < -0.39 is 0 Å². The molecule has 0 amide bonds. The fourth-order valence-electron chi connectivity index (χ4n) is 4.05. The molecule has 28 heavy (non-hydrogen) atoms. The van der Waals surface area contributed by atoms with Gasteiger partial charge in [0, 0.05) is 11.4 Å². The number of aromatic nitrogens is 5. The predicted molar refractivity (Wildman–Crippen MR) is 107 cm³/mol. The highest BCUT2D eigenvalue weighted by atomic mass is 32.1. The second-order valence-corrected chi connectivity index (χ2v) is 9.49. The highest BCUT2D eigenvalue weighted by Crippen LogP contribution is 2.41. The number of hydrogen-bond donors (Lipinski definition) is 1. The number of nitrogens with one attached hydrogen (secondary N) is 1. The Bertz CT molecular complexity index is 1250. The van der Waals surface area contributed by atoms with Gasteiger partial charge >= 0.3 is 11.4 Å². The molecule has 0 bridgehead atoms. The molecule has 3 aromatic rings. The molecule has 2 aliphatic rings. The van der Waals surface area contributed by atoms with Crippen molar-refractivity contribution in [2.75, 3.05) is 0 Å². The van der Waals surface area contributed by atoms with Crippen LogP contribution in [0.2, 0.25) is 0 Å². The Morgan fingerprint density at radius 1 is 1.29 bits per heavy atom. The SMILES string of the molecule is Cc1c(Cn2nc[nH]c2=O)sc2c1c(=O)n(C1(C)CC1)c(=O)n2CC1CCC1. The molecule has 3 heterocycles. The number of hydrogen-bond acceptors (Lipinski definition) is 5. The van der Waals surface area contributed by atoms with Gasteiger partial charge in [0.2, 0.25) is 0 Å². The van der Waals surface area contributed by atoms with Crippen molar-refractivity contribution in [2.45, 2.75) is 64.6 Å². The van der Waals surface area contributed by atoms with Crippen LogP contribution in [0.3, 0.4) is 0 Å². The molecule has 5 rings (SSSR count). The average Bonchev–Trinajstić information content (AvgIpc) is 3.07. The molecule has 3 aromatic heterocycles. The molecular weight excluding hydrogens is 378 g/mol. The lowest BCUT2D eigenvalue weighted by Crippen LogP contribution is -2.45. The minimum absolute atomic E-state index is 0.186. The van der Waals surface area contributed by atoms with E-state index >= 15 is 0 Å². The zero-order valence-electron chi connectivity index (χ0n) is 16.0. The molecule has 0 aromatic carbocycles. The summed E-state index contributed by atoms with van der Waals surface area (Å²) in [5.74, 6) is 0.499. The van der Waals surface area contributed by atoms with Crippen LogP contribution in [0.4, 0.5) is 0 Å². The summed E-state index contributed by atoms with van der Waals surface area (Å²) in [6.07, 6.45) is 6.54. The summed E-state index contributed by atoms with van der Waals surface area (Å²) in [6.45, 7) is 4.85. The summed E-state index contributed by atoms with van der Waals surface area (Å²) in [7, 11) is 0. The molecule has 0 atom stereocenters. The molecule has 1 N–H and O–H groups in total. The number of rotatable bonds is 5. The molecule has 0 spiro atoms. The lowest BCUT2D eigenvalue weighted by Gasteiger charge is -2.27. The lowest BCUT2D eigenvalue weighted by atomic mass is 9.85. The minimum Gasteiger partial charge on any atom is -0.295 e. The zero-order valence-corrected chi connectivity index (χ0v) is 16.8. The van der Waals surface area contributed by atoms with Crippen molar-refractivity contribution in [1.29, 1.82) is 0 Å². The molecule has 9 heteroatoms. The van der Waals surface area contributed by atoms with Gasteiger partial charge in [0.15, 0.2) is 0 Å². The van der Waals surface area contributed by atoms with Crippen LogP contribution in [-0.4, -0.2) is 23.9 Å². The Balaban J connectivity index is 1.74. The second kappa shape index (κ2) is 6.04. The van der Waals surface area contributed by atoms with E-state index in [1.165, 1.54) is 33.3 Å². The van der Waals surface area contributed by atoms with E-state index in [-0.39, 0.29) is 22.5 Å². The van der Waals surface area contributed by atoms with Gasteiger partial charge in [0.05, 0.1) is 17.5 Å². The van der Waals surface area contributed by atoms with Crippen molar-refractivity contribution < 1.29 is 0 Å². The van der Waals surface area contributed by atoms with Crippen LogP contribution in [-0.2, 0) is 18.6 Å². The largest absolute Gasteiger partial charge is 0.343 e. The maximum absolute atomic E-state index is 13.3. The summed E-state index contributed by atoms with van der Waals surface area (Å²) in [4.78, 5) is 42.7. The smallest absolute Gasteiger partial charge is 0.295 e. The van der Waals surface area contributed by atoms with Gasteiger partial charge in [-0.15, -0.1) is 11.3 Å². The van der Waals surface area contributed by atoms with Gasteiger partial charge in [-0.3, -0.25) is 18.9 Å². The third-order valence-corrected chi connectivity index (χ3v) is 7.70. The highest BCUT2D eigenvalue weighted by Gasteiger charge is 2.43. The van der Waals surface area contributed by atoms with Gasteiger partial charge in [-0.05, 0) is 51.0 Å². The summed E-state index contributed by atoms with van der Waals surface area (Å²) >= 11 is 1.44. The van der Waals surface area contributed by atoms with E-state index in [2.05, 4.69) is 10.1 Å². The third-order valence-electron chi connectivity index (χ3n) is 6.40. The Kier molecular flexibility index (Phi) is 3.81. The molecule has 8 nitrogen and oxygen atoms in total. The fraction of sp³-hybridized carbons (Fsp3) is 0.579. The molecule has 0 unspecified atom stereocenters. The molecule has 148 valence electrons. The number of aryl methyl sites for hydroxylation is 1. The maximum Gasteiger partial charge on any atom is 0.343 e. The molecule has 0 aliphatic heterocycles. The Labute approximate surface area is 164 Å². The summed E-state index contributed by atoms with van der Waals surface area (Å²) in [5.41, 5.74) is -0.183. The van der Waals surface area contributed by atoms with Crippen molar-refractivity contribution in [3.05, 3.63) is 48.1 Å². The first kappa shape index (κ1) is 17.7. The molecule has 0 saturated heterocycles. The Morgan fingerprint density at radius 2 is 2.04 bits per heavy atom. The first-order valence-corrected chi connectivity index (χ1v) is 10.6. The fourth-order valence-corrected chi connectivity index (χ4v) is 5.33. The van der Waals surface area contributed by atoms with Crippen molar-refractivity contribution in [2.24, 2.45) is 5.92 Å². The van der Waals surface area contributed by atoms with E-state index in [9.17, 15) is 14.4 Å². The van der Waals surface area contributed by atoms with Gasteiger partial charge in [0.1, 0.15) is 11.2 Å². The first-order valence-electron chi connectivity index (χ1n) is 9.78. The Morgan fingerprint density at radius 3 is 2.61 bits per heavy atom. The van der Waals surface area contributed by atoms with Crippen molar-refractivity contribution in [1.82, 2.24) is 23.9 Å². The maximum atomic E-state index is 13.3. The van der Waals surface area contributed by atoms with Crippen LogP contribution in [0.15, 0.2) is 20.7 Å². The van der Waals surface area contributed by atoms with Gasteiger partial charge in [-0.2, -0.15) is 5.10 Å². The number of fused-ring (bicyclic) bond motifs is 1. The average molecular weight is 401 g/mol. The van der Waals surface area contributed by atoms with Crippen LogP contribution in [0.1, 0.15) is 49.5 Å². The topological polar surface area (TPSA) is 94.7 Å². The van der Waals surface area contributed by atoms with Crippen molar-refractivity contribution in [3.8, 4) is 0 Å². The summed E-state index contributed by atoms with van der Waals surface area (Å²) in [5, 5.41) is 4.65. The molecular formula is C19H23N5O3S. The van der Waals surface area contributed by atoms with Crippen LogP contribution in [0.25, 0.3) is 10.2 Å². The predicted octanol–water partition coefficient (Wildman–Crippen LogP) is 1.78. The van der Waals surface area contributed by atoms with E-state index in [0.29, 0.717) is 24.4 Å². The zero-order chi connectivity index (χ0) is 19.6. The molecule has 2 aliphatic carbocycles. The normalized spacial score (nSPS) is 18.5. The van der Waals surface area contributed by atoms with Crippen LogP contribution >= 0.6 is 11.3 Å². The van der Waals surface area contributed by atoms with Gasteiger partial charge in [-0.1, -0.05) is 6.42 Å². The monoisotopic (exact) mass is 401 g/mol. The number of nitrogens with zero attached hydrogens (tertiary/aromatic N) is 4. The third kappa shape index (κ3) is 2.56. The summed E-state index contributed by atoms with van der Waals surface area (Å²) in [6, 6.07) is 0. The van der Waals surface area contributed by atoms with E-state index in [0.717, 1.165) is 41.0 Å². The number of thiophene rings is 1. The second-order valence-electron chi connectivity index (χ2n) is 8.41. The molecule has 2 fully saturated rings. The number of H-pyrrole nitrogens is 1. The van der Waals surface area contributed by atoms with Crippen LogP contribution < -0.4 is 16.9 Å². The van der Waals surface area contributed by atoms with E-state index in [4.69, 9.17) is 0 Å². The van der Waals surface area contributed by atoms with E-state index in [1.807, 2.05) is 18.4 Å². The van der Waals surface area contributed by atoms with Crippen molar-refractivity contribution >= 4 is 21.6 Å². The molecule has 0 radical (unpaired) electrons. The molecule has 2 saturated carbocycles. The van der Waals surface area contributed by atoms with Crippen molar-refractivity contribution in [3.63, 3.8) is 0 Å². The standard InChI is InChI=1S/C19H23N5O3S/c1-11-13(9-23-17(26)20-10-21-23)28-16-14(11)15(25)24(19(2)6-7-19)18(27)22(16)8-12-4-3-5-12/h10,12H,3-9H2,1-2H3,(H,20,21,26). The van der Waals surface area contributed by atoms with E-state index in [1.54, 1.807) is 0 Å². The van der Waals surface area contributed by atoms with Crippen LogP contribution in [0, 0.1) is 12.8 Å². The summed E-state index contributed by atoms with van der Waals surface area (Å²) < 4.78 is 4.64. The highest BCUT2D eigenvalue weighted by molar-refractivity contribution is 7.18. The lowest BCUT2D eigenvalue weighted by molar-refractivity contribution is 0.272.